The molecule has 3 rings (SSSR count). The molecular weight excluding hydrogens is 262 g/mol. The van der Waals surface area contributed by atoms with Crippen molar-refractivity contribution in [1.82, 2.24) is 0 Å². The van der Waals surface area contributed by atoms with Crippen LogP contribution in [-0.4, -0.2) is 11.7 Å². The zero-order valence-corrected chi connectivity index (χ0v) is 12.2. The molecule has 1 heterocycles. The van der Waals surface area contributed by atoms with Gasteiger partial charge in [-0.25, -0.2) is 0 Å². The highest BCUT2D eigenvalue weighted by molar-refractivity contribution is 6.52. The molecule has 1 amide bonds. The van der Waals surface area contributed by atoms with Gasteiger partial charge in [-0.05, 0) is 36.6 Å². The normalized spacial score (nSPS) is 13.7. The van der Waals surface area contributed by atoms with Crippen LogP contribution >= 0.6 is 0 Å². The van der Waals surface area contributed by atoms with E-state index in [0.717, 1.165) is 23.2 Å². The number of aryl methyl sites for hydroxylation is 2. The lowest BCUT2D eigenvalue weighted by Gasteiger charge is -2.17. The molecule has 2 aromatic carbocycles. The average molecular weight is 279 g/mol. The number of carbonyl (C=O) groups is 2. The van der Waals surface area contributed by atoms with Crippen LogP contribution in [-0.2, 0) is 17.8 Å². The molecule has 0 spiro atoms. The minimum atomic E-state index is -0.432. The SMILES string of the molecule is CCc1ccc2c(c1)C(=O)C(=O)N2Cc1ccc(C)cc1. The van der Waals surface area contributed by atoms with Crippen molar-refractivity contribution in [2.24, 2.45) is 0 Å². The van der Waals surface area contributed by atoms with Crippen LogP contribution in [0.5, 0.6) is 0 Å². The zero-order chi connectivity index (χ0) is 15.0. The second-order valence-corrected chi connectivity index (χ2v) is 5.41. The summed E-state index contributed by atoms with van der Waals surface area (Å²) in [6.45, 7) is 4.49. The Balaban J connectivity index is 1.96. The van der Waals surface area contributed by atoms with Gasteiger partial charge in [-0.2, -0.15) is 0 Å². The molecule has 2 aromatic rings. The third-order valence-corrected chi connectivity index (χ3v) is 3.91. The lowest BCUT2D eigenvalue weighted by atomic mass is 10.1. The molecular formula is C18H17NO2. The molecule has 3 heteroatoms. The van der Waals surface area contributed by atoms with Crippen molar-refractivity contribution < 1.29 is 9.59 Å². The smallest absolute Gasteiger partial charge is 0.299 e. The molecule has 0 radical (unpaired) electrons. The molecule has 21 heavy (non-hydrogen) atoms. The van der Waals surface area contributed by atoms with Gasteiger partial charge in [0.15, 0.2) is 0 Å². The molecule has 0 fully saturated rings. The molecule has 0 N–H and O–H groups in total. The predicted molar refractivity (Wildman–Crippen MR) is 82.5 cm³/mol. The van der Waals surface area contributed by atoms with Crippen LogP contribution in [0.25, 0.3) is 0 Å². The summed E-state index contributed by atoms with van der Waals surface area (Å²) in [5, 5.41) is 0. The summed E-state index contributed by atoms with van der Waals surface area (Å²) in [4.78, 5) is 25.9. The van der Waals surface area contributed by atoms with Gasteiger partial charge in [-0.3, -0.25) is 9.59 Å². The van der Waals surface area contributed by atoms with Crippen molar-refractivity contribution in [2.45, 2.75) is 26.8 Å². The summed E-state index contributed by atoms with van der Waals surface area (Å²) >= 11 is 0. The molecule has 1 aliphatic heterocycles. The van der Waals surface area contributed by atoms with E-state index in [-0.39, 0.29) is 0 Å². The fourth-order valence-corrected chi connectivity index (χ4v) is 2.60. The quantitative estimate of drug-likeness (QED) is 0.808. The number of amides is 1. The Morgan fingerprint density at radius 2 is 1.62 bits per heavy atom. The number of hydrogen-bond donors (Lipinski definition) is 0. The zero-order valence-electron chi connectivity index (χ0n) is 12.2. The van der Waals surface area contributed by atoms with Gasteiger partial charge in [0.05, 0.1) is 17.8 Å². The Kier molecular flexibility index (Phi) is 3.34. The highest BCUT2D eigenvalue weighted by Crippen LogP contribution is 2.31. The maximum absolute atomic E-state index is 12.2. The maximum Gasteiger partial charge on any atom is 0.299 e. The van der Waals surface area contributed by atoms with E-state index >= 15 is 0 Å². The summed E-state index contributed by atoms with van der Waals surface area (Å²) in [5.41, 5.74) is 4.53. The van der Waals surface area contributed by atoms with Crippen molar-refractivity contribution in [3.8, 4) is 0 Å². The Hall–Kier alpha value is -2.42. The van der Waals surface area contributed by atoms with Crippen molar-refractivity contribution in [3.63, 3.8) is 0 Å². The van der Waals surface area contributed by atoms with Crippen LogP contribution in [0.3, 0.4) is 0 Å². The highest BCUT2D eigenvalue weighted by Gasteiger charge is 2.35. The topological polar surface area (TPSA) is 37.4 Å². The molecule has 0 aromatic heterocycles. The van der Waals surface area contributed by atoms with Crippen LogP contribution in [0.2, 0.25) is 0 Å². The fraction of sp³-hybridized carbons (Fsp3) is 0.222. The third-order valence-electron chi connectivity index (χ3n) is 3.91. The predicted octanol–water partition coefficient (Wildman–Crippen LogP) is 3.29. The van der Waals surface area contributed by atoms with Crippen molar-refractivity contribution in [2.75, 3.05) is 4.90 Å². The Morgan fingerprint density at radius 1 is 0.952 bits per heavy atom. The monoisotopic (exact) mass is 279 g/mol. The van der Waals surface area contributed by atoms with E-state index in [1.54, 1.807) is 4.90 Å². The number of rotatable bonds is 3. The van der Waals surface area contributed by atoms with Gasteiger partial charge < -0.3 is 4.90 Å². The van der Waals surface area contributed by atoms with Gasteiger partial charge in [0.25, 0.3) is 11.7 Å². The largest absolute Gasteiger partial charge is 0.300 e. The molecule has 0 saturated heterocycles. The van der Waals surface area contributed by atoms with Crippen molar-refractivity contribution in [3.05, 3.63) is 64.7 Å². The summed E-state index contributed by atoms with van der Waals surface area (Å²) in [6, 6.07) is 13.7. The lowest BCUT2D eigenvalue weighted by Crippen LogP contribution is -2.29. The third kappa shape index (κ3) is 2.35. The van der Waals surface area contributed by atoms with Crippen molar-refractivity contribution >= 4 is 17.4 Å². The van der Waals surface area contributed by atoms with Gasteiger partial charge in [-0.15, -0.1) is 0 Å². The van der Waals surface area contributed by atoms with Crippen LogP contribution in [0.4, 0.5) is 5.69 Å². The number of Topliss-reactive ketones (excluding diaryl/α,β-unsaturated/α-hetero) is 1. The number of carbonyl (C=O) groups excluding carboxylic acids is 2. The van der Waals surface area contributed by atoms with Gasteiger partial charge >= 0.3 is 0 Å². The van der Waals surface area contributed by atoms with E-state index in [1.807, 2.05) is 56.3 Å². The number of ketones is 1. The molecule has 1 aliphatic rings. The van der Waals surface area contributed by atoms with Gasteiger partial charge in [0.1, 0.15) is 0 Å². The van der Waals surface area contributed by atoms with Crippen molar-refractivity contribution in [1.29, 1.82) is 0 Å². The summed E-state index contributed by atoms with van der Waals surface area (Å²) in [7, 11) is 0. The van der Waals surface area contributed by atoms with E-state index in [4.69, 9.17) is 0 Å². The number of benzene rings is 2. The Bertz CT molecular complexity index is 716. The first-order chi connectivity index (χ1) is 10.1. The first kappa shape index (κ1) is 13.6. The minimum absolute atomic E-state index is 0.396. The molecule has 0 aliphatic carbocycles. The number of anilines is 1. The van der Waals surface area contributed by atoms with Crippen LogP contribution in [0.1, 0.15) is 34.0 Å². The van der Waals surface area contributed by atoms with Gasteiger partial charge in [0.2, 0.25) is 0 Å². The molecule has 0 atom stereocenters. The summed E-state index contributed by atoms with van der Waals surface area (Å²) < 4.78 is 0. The molecule has 0 bridgehead atoms. The highest BCUT2D eigenvalue weighted by atomic mass is 16.2. The number of nitrogens with zero attached hydrogens (tertiary/aromatic N) is 1. The fourth-order valence-electron chi connectivity index (χ4n) is 2.60. The second-order valence-electron chi connectivity index (χ2n) is 5.41. The summed E-state index contributed by atoms with van der Waals surface area (Å²) in [6.07, 6.45) is 0.854. The van der Waals surface area contributed by atoms with E-state index in [9.17, 15) is 9.59 Å². The molecule has 106 valence electrons. The van der Waals surface area contributed by atoms with E-state index < -0.39 is 11.7 Å². The maximum atomic E-state index is 12.2. The first-order valence-electron chi connectivity index (χ1n) is 7.15. The Labute approximate surface area is 124 Å². The molecule has 3 nitrogen and oxygen atoms in total. The van der Waals surface area contributed by atoms with Gasteiger partial charge in [-0.1, -0.05) is 42.8 Å². The van der Waals surface area contributed by atoms with E-state index in [2.05, 4.69) is 0 Å². The number of fused-ring (bicyclic) bond motifs is 1. The summed E-state index contributed by atoms with van der Waals surface area (Å²) in [5.74, 6) is -0.828. The number of hydrogen-bond acceptors (Lipinski definition) is 2. The van der Waals surface area contributed by atoms with E-state index in [0.29, 0.717) is 12.1 Å². The Morgan fingerprint density at radius 3 is 2.29 bits per heavy atom. The van der Waals surface area contributed by atoms with Crippen LogP contribution < -0.4 is 4.90 Å². The standard InChI is InChI=1S/C18H17NO2/c1-3-13-8-9-16-15(10-13)17(20)18(21)19(16)11-14-6-4-12(2)5-7-14/h4-10H,3,11H2,1-2H3. The first-order valence-corrected chi connectivity index (χ1v) is 7.15. The van der Waals surface area contributed by atoms with E-state index in [1.165, 1.54) is 5.56 Å². The average Bonchev–Trinajstić information content (AvgIpc) is 2.74. The molecule has 0 saturated carbocycles. The minimum Gasteiger partial charge on any atom is -0.300 e. The second kappa shape index (κ2) is 5.17. The van der Waals surface area contributed by atoms with Crippen LogP contribution in [0, 0.1) is 6.92 Å². The van der Waals surface area contributed by atoms with Crippen LogP contribution in [0.15, 0.2) is 42.5 Å². The van der Waals surface area contributed by atoms with Gasteiger partial charge in [0, 0.05) is 0 Å². The lowest BCUT2D eigenvalue weighted by molar-refractivity contribution is -0.114. The molecule has 0 unspecified atom stereocenters.